The molecule has 0 bridgehead atoms. The molecule has 2 aliphatic heterocycles. The van der Waals surface area contributed by atoms with E-state index in [1.807, 2.05) is 0 Å². The molecule has 0 radical (unpaired) electrons. The van der Waals surface area contributed by atoms with Gasteiger partial charge in [-0.1, -0.05) is 204 Å². The number of hydrogen-bond acceptors (Lipinski definition) is 3. The number of nitrogens with zero attached hydrogens (tertiary/aromatic N) is 3. The number of thiophene rings is 1. The SMILES string of the molecule is Cc1cc2c(cc1N1c3cc(C(C)(C)C)ccc3B3c4sc5cc6c(cc5c4N(c4cc5c(cc4-c4ccccc4)C(C)(C)CCC5(C)C)c4cc(-n5c7cc(C(C)(C)C)ccc7c7ccc(C(C)(C)C)cc75)cc1c43)C(C)CCC6C)C(C)(C)CCC2(C)C. The minimum atomic E-state index is -0.0926. The first-order valence-corrected chi connectivity index (χ1v) is 35.1. The van der Waals surface area contributed by atoms with Gasteiger partial charge in [0, 0.05) is 53.9 Å². The maximum Gasteiger partial charge on any atom is 0.264 e. The molecule has 10 aromatic rings. The van der Waals surface area contributed by atoms with Gasteiger partial charge in [-0.2, -0.15) is 0 Å². The van der Waals surface area contributed by atoms with Gasteiger partial charge in [0.1, 0.15) is 0 Å². The summed E-state index contributed by atoms with van der Waals surface area (Å²) in [6.07, 6.45) is 7.05. The van der Waals surface area contributed by atoms with E-state index in [2.05, 4.69) is 298 Å². The monoisotopic (exact) mass is 1200 g/mol. The lowest BCUT2D eigenvalue weighted by atomic mass is 9.36. The number of rotatable bonds is 4. The summed E-state index contributed by atoms with van der Waals surface area (Å²) >= 11 is 2.08. The van der Waals surface area contributed by atoms with Crippen LogP contribution >= 0.6 is 11.3 Å². The van der Waals surface area contributed by atoms with Gasteiger partial charge in [-0.25, -0.2) is 0 Å². The van der Waals surface area contributed by atoms with Gasteiger partial charge in [0.25, 0.3) is 6.71 Å². The number of benzene rings is 8. The highest BCUT2D eigenvalue weighted by atomic mass is 32.1. The topological polar surface area (TPSA) is 11.4 Å². The van der Waals surface area contributed by atoms with Crippen molar-refractivity contribution in [3.8, 4) is 16.8 Å². The molecule has 2 aromatic heterocycles. The Balaban J connectivity index is 1.17. The van der Waals surface area contributed by atoms with Gasteiger partial charge in [0.05, 0.1) is 28.1 Å². The van der Waals surface area contributed by atoms with Crippen molar-refractivity contribution in [2.45, 2.75) is 227 Å². The minimum absolute atomic E-state index is 0.00104. The summed E-state index contributed by atoms with van der Waals surface area (Å²) in [6, 6.07) is 55.2. The Bertz CT molecular complexity index is 4600. The molecule has 0 fully saturated rings. The summed E-state index contributed by atoms with van der Waals surface area (Å²) < 4.78 is 5.54. The molecule has 0 N–H and O–H groups in total. The van der Waals surface area contributed by atoms with Crippen LogP contribution in [-0.2, 0) is 37.9 Å². The Morgan fingerprint density at radius 2 is 0.933 bits per heavy atom. The fourth-order valence-electron chi connectivity index (χ4n) is 17.1. The van der Waals surface area contributed by atoms with Gasteiger partial charge >= 0.3 is 0 Å². The number of anilines is 6. The van der Waals surface area contributed by atoms with Gasteiger partial charge in [-0.3, -0.25) is 0 Å². The van der Waals surface area contributed by atoms with Crippen LogP contribution in [0.3, 0.4) is 0 Å². The molecule has 0 spiro atoms. The molecule has 0 amide bonds. The van der Waals surface area contributed by atoms with Gasteiger partial charge in [0.2, 0.25) is 0 Å². The maximum absolute atomic E-state index is 2.86. The quantitative estimate of drug-likeness (QED) is 0.163. The van der Waals surface area contributed by atoms with E-state index < -0.39 is 0 Å². The third kappa shape index (κ3) is 8.97. The zero-order chi connectivity index (χ0) is 63.6. The number of aryl methyl sites for hydroxylation is 1. The zero-order valence-electron chi connectivity index (χ0n) is 57.9. The van der Waals surface area contributed by atoms with Crippen LogP contribution in [0.25, 0.3) is 48.7 Å². The van der Waals surface area contributed by atoms with E-state index in [1.165, 1.54) is 168 Å². The third-order valence-electron chi connectivity index (χ3n) is 23.3. The molecule has 5 heteroatoms. The summed E-state index contributed by atoms with van der Waals surface area (Å²) in [7, 11) is 0. The van der Waals surface area contributed by atoms with Crippen molar-refractivity contribution in [2.24, 2.45) is 0 Å². The van der Waals surface area contributed by atoms with Gasteiger partial charge in [-0.05, 0) is 228 Å². The van der Waals surface area contributed by atoms with Crippen molar-refractivity contribution in [1.29, 1.82) is 0 Å². The first kappa shape index (κ1) is 59.5. The molecule has 3 aliphatic carbocycles. The first-order chi connectivity index (χ1) is 42.2. The van der Waals surface area contributed by atoms with E-state index in [-0.39, 0.29) is 44.6 Å². The van der Waals surface area contributed by atoms with E-state index in [1.54, 1.807) is 5.56 Å². The van der Waals surface area contributed by atoms with E-state index >= 15 is 0 Å². The summed E-state index contributed by atoms with van der Waals surface area (Å²) in [5.74, 6) is 0.990. The summed E-state index contributed by atoms with van der Waals surface area (Å²) in [6.45, 7) is 48.8. The number of fused-ring (bicyclic) bond motifs is 12. The first-order valence-electron chi connectivity index (χ1n) is 34.2. The summed E-state index contributed by atoms with van der Waals surface area (Å²) in [5, 5.41) is 3.96. The van der Waals surface area contributed by atoms with Crippen LogP contribution in [0.15, 0.2) is 133 Å². The van der Waals surface area contributed by atoms with E-state index in [0.29, 0.717) is 11.8 Å². The Morgan fingerprint density at radius 3 is 1.48 bits per heavy atom. The minimum Gasteiger partial charge on any atom is -0.311 e. The predicted octanol–water partition coefficient (Wildman–Crippen LogP) is 22.6. The van der Waals surface area contributed by atoms with E-state index in [0.717, 1.165) is 19.3 Å². The number of aromatic nitrogens is 1. The van der Waals surface area contributed by atoms with E-state index in [9.17, 15) is 0 Å². The van der Waals surface area contributed by atoms with Crippen LogP contribution in [0.1, 0.15) is 238 Å². The van der Waals surface area contributed by atoms with Crippen LogP contribution in [0, 0.1) is 6.92 Å². The molecule has 3 nitrogen and oxygen atoms in total. The largest absolute Gasteiger partial charge is 0.311 e. The molecule has 5 aliphatic rings. The van der Waals surface area contributed by atoms with Crippen molar-refractivity contribution in [2.75, 3.05) is 9.80 Å². The zero-order valence-corrected chi connectivity index (χ0v) is 58.7. The summed E-state index contributed by atoms with van der Waals surface area (Å²) in [4.78, 5) is 5.66. The molecule has 8 aromatic carbocycles. The smallest absolute Gasteiger partial charge is 0.264 e. The number of hydrogen-bond donors (Lipinski definition) is 0. The van der Waals surface area contributed by atoms with Crippen LogP contribution in [0.2, 0.25) is 0 Å². The fraction of sp³-hybridized carbons (Fsp3) is 0.412. The van der Waals surface area contributed by atoms with Crippen molar-refractivity contribution in [3.63, 3.8) is 0 Å². The van der Waals surface area contributed by atoms with Gasteiger partial charge < -0.3 is 14.4 Å². The lowest BCUT2D eigenvalue weighted by Gasteiger charge is -2.47. The average molecular weight is 1200 g/mol. The second kappa shape index (κ2) is 19.6. The van der Waals surface area contributed by atoms with Crippen LogP contribution in [0.5, 0.6) is 0 Å². The van der Waals surface area contributed by atoms with Crippen molar-refractivity contribution in [3.05, 3.63) is 189 Å². The highest BCUT2D eigenvalue weighted by Crippen LogP contribution is 2.58. The molecule has 2 atom stereocenters. The molecule has 460 valence electrons. The van der Waals surface area contributed by atoms with E-state index in [4.69, 9.17) is 0 Å². The third-order valence-corrected chi connectivity index (χ3v) is 24.5. The van der Waals surface area contributed by atoms with Crippen LogP contribution in [-0.4, -0.2) is 11.3 Å². The molecule has 0 saturated heterocycles. The lowest BCUT2D eigenvalue weighted by molar-refractivity contribution is 0.332. The highest BCUT2D eigenvalue weighted by molar-refractivity contribution is 7.33. The fourth-order valence-corrected chi connectivity index (χ4v) is 18.5. The standard InChI is InChI=1S/C85H96BN3S/c1-49-26-27-50(2)60-46-75-62(44-59(49)60)77-78(90-75)86-67-33-30-55(81(10,11)12)41-72(67)88(68-47-65-63(38-51(68)3)82(13,14)34-36-84(65,17)18)73-42-56(87-69-39-53(79(4,5)6)28-31-57(69)58-32-29-54(40-70(58)87)80(7,8)9)43-74(76(73)86)89(77)71-48-66-64(83(15,16)35-37-85(66,19)20)45-61(71)52-24-22-21-23-25-52/h21-25,28-33,38-50H,26-27,34-37H2,1-20H3. The average Bonchev–Trinajstić information content (AvgIpc) is 1.25. The Morgan fingerprint density at radius 1 is 0.456 bits per heavy atom. The molecule has 4 heterocycles. The Hall–Kier alpha value is -6.82. The van der Waals surface area contributed by atoms with Gasteiger partial charge in [0.15, 0.2) is 0 Å². The van der Waals surface area contributed by atoms with Gasteiger partial charge in [-0.15, -0.1) is 11.3 Å². The Kier molecular flexibility index (Phi) is 13.0. The second-order valence-corrected chi connectivity index (χ2v) is 35.6. The lowest BCUT2D eigenvalue weighted by Crippen LogP contribution is -2.60. The van der Waals surface area contributed by atoms with Crippen LogP contribution < -0.4 is 25.5 Å². The summed E-state index contributed by atoms with van der Waals surface area (Å²) in [5.41, 5.74) is 30.9. The molecule has 15 rings (SSSR count). The highest BCUT2D eigenvalue weighted by Gasteiger charge is 2.49. The molecular formula is C85H96BN3S. The second-order valence-electron chi connectivity index (χ2n) is 34.5. The molecule has 90 heavy (non-hydrogen) atoms. The maximum atomic E-state index is 2.86. The predicted molar refractivity (Wildman–Crippen MR) is 393 cm³/mol. The molecule has 2 unspecified atom stereocenters. The van der Waals surface area contributed by atoms with Crippen molar-refractivity contribution in [1.82, 2.24) is 4.57 Å². The Labute approximate surface area is 543 Å². The normalized spacial score (nSPS) is 19.6. The molecule has 0 saturated carbocycles. The van der Waals surface area contributed by atoms with Crippen molar-refractivity contribution >= 4 is 99.8 Å². The van der Waals surface area contributed by atoms with Crippen LogP contribution in [0.4, 0.5) is 34.1 Å². The van der Waals surface area contributed by atoms with Crippen molar-refractivity contribution < 1.29 is 0 Å². The molecular weight excluding hydrogens is 1110 g/mol.